The summed E-state index contributed by atoms with van der Waals surface area (Å²) < 4.78 is 25.8. The van der Waals surface area contributed by atoms with E-state index < -0.39 is 22.0 Å². The molecule has 0 radical (unpaired) electrons. The van der Waals surface area contributed by atoms with Crippen molar-refractivity contribution in [3.63, 3.8) is 0 Å². The summed E-state index contributed by atoms with van der Waals surface area (Å²) in [7, 11) is -3.65. The summed E-state index contributed by atoms with van der Waals surface area (Å²) in [6, 6.07) is 9.55. The molecule has 0 aliphatic heterocycles. The Morgan fingerprint density at radius 3 is 2.19 bits per heavy atom. The zero-order chi connectivity index (χ0) is 19.6. The van der Waals surface area contributed by atoms with Crippen LogP contribution in [0.5, 0.6) is 0 Å². The van der Waals surface area contributed by atoms with Crippen LogP contribution in [0.25, 0.3) is 0 Å². The lowest BCUT2D eigenvalue weighted by atomic mass is 10.1. The van der Waals surface area contributed by atoms with Crippen molar-refractivity contribution < 1.29 is 13.2 Å². The highest BCUT2D eigenvalue weighted by Gasteiger charge is 2.29. The summed E-state index contributed by atoms with van der Waals surface area (Å²) >= 11 is 6.08. The number of hydrogen-bond acceptors (Lipinski definition) is 3. The van der Waals surface area contributed by atoms with E-state index in [1.165, 1.54) is 0 Å². The number of sulfonamides is 1. The topological polar surface area (TPSA) is 66.5 Å². The van der Waals surface area contributed by atoms with Gasteiger partial charge in [-0.3, -0.25) is 9.10 Å². The van der Waals surface area contributed by atoms with Gasteiger partial charge in [-0.1, -0.05) is 23.7 Å². The number of nitrogens with one attached hydrogen (secondary N) is 1. The predicted molar refractivity (Wildman–Crippen MR) is 108 cm³/mol. The monoisotopic (exact) mass is 394 g/mol. The van der Waals surface area contributed by atoms with Gasteiger partial charge in [0.05, 0.1) is 11.9 Å². The van der Waals surface area contributed by atoms with Crippen molar-refractivity contribution >= 4 is 38.9 Å². The maximum Gasteiger partial charge on any atom is 0.247 e. The molecule has 2 aromatic rings. The number of carbonyl (C=O) groups excluding carboxylic acids is 1. The first-order chi connectivity index (χ1) is 12.0. The zero-order valence-electron chi connectivity index (χ0n) is 15.5. The normalized spacial score (nSPS) is 12.5. The minimum Gasteiger partial charge on any atom is -0.324 e. The van der Waals surface area contributed by atoms with Gasteiger partial charge in [0.1, 0.15) is 6.04 Å². The van der Waals surface area contributed by atoms with E-state index in [0.29, 0.717) is 16.4 Å². The van der Waals surface area contributed by atoms with Gasteiger partial charge in [0, 0.05) is 10.7 Å². The molecular formula is C19H23ClN2O3S. The van der Waals surface area contributed by atoms with Crippen LogP contribution in [0.2, 0.25) is 5.02 Å². The van der Waals surface area contributed by atoms with Crippen molar-refractivity contribution in [2.24, 2.45) is 0 Å². The minimum atomic E-state index is -3.65. The smallest absolute Gasteiger partial charge is 0.247 e. The van der Waals surface area contributed by atoms with Gasteiger partial charge in [0.15, 0.2) is 0 Å². The molecule has 140 valence electrons. The second-order valence-corrected chi connectivity index (χ2v) is 8.72. The summed E-state index contributed by atoms with van der Waals surface area (Å²) in [5.74, 6) is -0.437. The molecular weight excluding hydrogens is 372 g/mol. The van der Waals surface area contributed by atoms with Crippen LogP contribution in [0.4, 0.5) is 11.4 Å². The van der Waals surface area contributed by atoms with Gasteiger partial charge in [0.2, 0.25) is 15.9 Å². The summed E-state index contributed by atoms with van der Waals surface area (Å²) in [6.45, 7) is 7.27. The van der Waals surface area contributed by atoms with Crippen LogP contribution in [0, 0.1) is 20.8 Å². The fourth-order valence-corrected chi connectivity index (χ4v) is 3.94. The lowest BCUT2D eigenvalue weighted by Gasteiger charge is -2.28. The number of anilines is 2. The van der Waals surface area contributed by atoms with Crippen molar-refractivity contribution in [1.29, 1.82) is 0 Å². The average molecular weight is 395 g/mol. The first-order valence-electron chi connectivity index (χ1n) is 8.14. The number of aryl methyl sites for hydroxylation is 3. The van der Waals surface area contributed by atoms with Crippen molar-refractivity contribution in [3.8, 4) is 0 Å². The Bertz CT molecular complexity index is 942. The van der Waals surface area contributed by atoms with Gasteiger partial charge in [-0.2, -0.15) is 0 Å². The molecule has 0 aliphatic carbocycles. The van der Waals surface area contributed by atoms with Crippen LogP contribution in [-0.2, 0) is 14.8 Å². The van der Waals surface area contributed by atoms with Gasteiger partial charge in [0.25, 0.3) is 0 Å². The largest absolute Gasteiger partial charge is 0.324 e. The van der Waals surface area contributed by atoms with Gasteiger partial charge >= 0.3 is 0 Å². The summed E-state index contributed by atoms with van der Waals surface area (Å²) in [6.07, 6.45) is 1.09. The Kier molecular flexibility index (Phi) is 5.98. The zero-order valence-corrected chi connectivity index (χ0v) is 17.1. The average Bonchev–Trinajstić information content (AvgIpc) is 2.53. The highest BCUT2D eigenvalue weighted by Crippen LogP contribution is 2.25. The summed E-state index contributed by atoms with van der Waals surface area (Å²) in [5, 5.41) is 3.26. The number of amides is 1. The van der Waals surface area contributed by atoms with Crippen LogP contribution in [-0.4, -0.2) is 26.6 Å². The Morgan fingerprint density at radius 1 is 1.04 bits per heavy atom. The lowest BCUT2D eigenvalue weighted by molar-refractivity contribution is -0.116. The number of benzene rings is 2. The van der Waals surface area contributed by atoms with E-state index in [1.807, 2.05) is 26.8 Å². The van der Waals surface area contributed by atoms with Crippen LogP contribution < -0.4 is 9.62 Å². The molecule has 0 fully saturated rings. The molecule has 2 aromatic carbocycles. The fourth-order valence-electron chi connectivity index (χ4n) is 2.59. The Morgan fingerprint density at radius 2 is 1.65 bits per heavy atom. The van der Waals surface area contributed by atoms with E-state index in [0.717, 1.165) is 27.3 Å². The van der Waals surface area contributed by atoms with Gasteiger partial charge < -0.3 is 5.32 Å². The Labute approximate surface area is 160 Å². The SMILES string of the molecule is Cc1ccc(N([C@@H](C)C(=O)Nc2ccc(C)c(Cl)c2)S(C)(=O)=O)cc1C. The molecule has 1 N–H and O–H groups in total. The van der Waals surface area contributed by atoms with E-state index in [9.17, 15) is 13.2 Å². The third-order valence-corrected chi connectivity index (χ3v) is 5.92. The van der Waals surface area contributed by atoms with E-state index in [-0.39, 0.29) is 0 Å². The number of hydrogen-bond donors (Lipinski definition) is 1. The molecule has 0 aliphatic rings. The maximum atomic E-state index is 12.7. The number of carbonyl (C=O) groups is 1. The molecule has 1 amide bonds. The molecule has 5 nitrogen and oxygen atoms in total. The molecule has 0 spiro atoms. The molecule has 1 atom stereocenters. The summed E-state index contributed by atoms with van der Waals surface area (Å²) in [5.41, 5.74) is 3.87. The Balaban J connectivity index is 2.34. The molecule has 0 aromatic heterocycles. The fraction of sp³-hybridized carbons (Fsp3) is 0.316. The minimum absolute atomic E-state index is 0.437. The number of nitrogens with zero attached hydrogens (tertiary/aromatic N) is 1. The molecule has 26 heavy (non-hydrogen) atoms. The van der Waals surface area contributed by atoms with E-state index in [2.05, 4.69) is 5.32 Å². The molecule has 0 saturated carbocycles. The lowest BCUT2D eigenvalue weighted by Crippen LogP contribution is -2.45. The third-order valence-electron chi connectivity index (χ3n) is 4.27. The third kappa shape index (κ3) is 4.56. The van der Waals surface area contributed by atoms with Crippen LogP contribution in [0.3, 0.4) is 0 Å². The standard InChI is InChI=1S/C19H23ClN2O3S/c1-12-7-9-17(10-14(12)3)22(26(5,24)25)15(4)19(23)21-16-8-6-13(2)18(20)11-16/h6-11,15H,1-5H3,(H,21,23)/t15-/m0/s1. The van der Waals surface area contributed by atoms with Crippen molar-refractivity contribution in [2.45, 2.75) is 33.7 Å². The molecule has 2 rings (SSSR count). The first-order valence-corrected chi connectivity index (χ1v) is 10.4. The van der Waals surface area contributed by atoms with Crippen LogP contribution in [0.15, 0.2) is 36.4 Å². The van der Waals surface area contributed by atoms with E-state index in [4.69, 9.17) is 11.6 Å². The molecule has 0 heterocycles. The van der Waals surface area contributed by atoms with Gasteiger partial charge in [-0.25, -0.2) is 8.42 Å². The van der Waals surface area contributed by atoms with E-state index >= 15 is 0 Å². The molecule has 0 unspecified atom stereocenters. The molecule has 0 saturated heterocycles. The molecule has 0 bridgehead atoms. The van der Waals surface area contributed by atoms with Crippen molar-refractivity contribution in [2.75, 3.05) is 15.9 Å². The second-order valence-electron chi connectivity index (χ2n) is 6.46. The van der Waals surface area contributed by atoms with Gasteiger partial charge in [-0.15, -0.1) is 0 Å². The van der Waals surface area contributed by atoms with Crippen LogP contribution in [0.1, 0.15) is 23.6 Å². The molecule has 7 heteroatoms. The Hall–Kier alpha value is -2.05. The summed E-state index contributed by atoms with van der Waals surface area (Å²) in [4.78, 5) is 12.7. The predicted octanol–water partition coefficient (Wildman–Crippen LogP) is 4.06. The number of rotatable bonds is 5. The van der Waals surface area contributed by atoms with Crippen molar-refractivity contribution in [3.05, 3.63) is 58.1 Å². The first kappa shape index (κ1) is 20.3. The quantitative estimate of drug-likeness (QED) is 0.831. The van der Waals surface area contributed by atoms with Gasteiger partial charge in [-0.05, 0) is 68.7 Å². The highest BCUT2D eigenvalue weighted by molar-refractivity contribution is 7.92. The second kappa shape index (κ2) is 7.68. The number of halogens is 1. The van der Waals surface area contributed by atoms with Crippen molar-refractivity contribution in [1.82, 2.24) is 0 Å². The highest BCUT2D eigenvalue weighted by atomic mass is 35.5. The van der Waals surface area contributed by atoms with E-state index in [1.54, 1.807) is 37.3 Å². The maximum absolute atomic E-state index is 12.7. The van der Waals surface area contributed by atoms with Crippen LogP contribution >= 0.6 is 11.6 Å².